The fraction of sp³-hybridized carbons (Fsp3) is 0.400. The van der Waals surface area contributed by atoms with Gasteiger partial charge in [-0.25, -0.2) is 4.79 Å². The fourth-order valence-electron chi connectivity index (χ4n) is 2.65. The van der Waals surface area contributed by atoms with Crippen molar-refractivity contribution in [3.05, 3.63) is 29.8 Å². The third kappa shape index (κ3) is 2.74. The van der Waals surface area contributed by atoms with Crippen molar-refractivity contribution in [1.29, 1.82) is 0 Å². The number of carbonyl (C=O) groups is 3. The molecule has 2 N–H and O–H groups in total. The van der Waals surface area contributed by atoms with Gasteiger partial charge in [0.1, 0.15) is 0 Å². The molecule has 2 rings (SSSR count). The Kier molecular flexibility index (Phi) is 3.72. The number of benzene rings is 1. The Labute approximate surface area is 122 Å². The minimum atomic E-state index is -0.969. The molecule has 6 heteroatoms. The molecule has 1 fully saturated rings. The minimum absolute atomic E-state index is 0.320. The second-order valence-electron chi connectivity index (χ2n) is 5.68. The Bertz CT molecular complexity index is 608. The van der Waals surface area contributed by atoms with Crippen LogP contribution in [-0.2, 0) is 14.3 Å². The van der Waals surface area contributed by atoms with Gasteiger partial charge in [0.25, 0.3) is 0 Å². The number of carboxylic acid groups (broad SMARTS) is 1. The average molecular weight is 291 g/mol. The van der Waals surface area contributed by atoms with Crippen molar-refractivity contribution < 1.29 is 24.2 Å². The molecular formula is C15H17NO5. The van der Waals surface area contributed by atoms with Crippen LogP contribution in [0, 0.1) is 17.3 Å². The number of hydrogen-bond donors (Lipinski definition) is 2. The van der Waals surface area contributed by atoms with Crippen LogP contribution in [0.4, 0.5) is 5.69 Å². The van der Waals surface area contributed by atoms with Gasteiger partial charge in [-0.3, -0.25) is 9.59 Å². The summed E-state index contributed by atoms with van der Waals surface area (Å²) in [6, 6.07) is 6.32. The van der Waals surface area contributed by atoms with Gasteiger partial charge < -0.3 is 15.2 Å². The molecule has 0 radical (unpaired) electrons. The summed E-state index contributed by atoms with van der Waals surface area (Å²) in [5.74, 6) is -3.07. The number of anilines is 1. The summed E-state index contributed by atoms with van der Waals surface area (Å²) < 4.78 is 4.61. The van der Waals surface area contributed by atoms with Gasteiger partial charge in [0.15, 0.2) is 0 Å². The summed E-state index contributed by atoms with van der Waals surface area (Å²) >= 11 is 0. The maximum atomic E-state index is 12.2. The van der Waals surface area contributed by atoms with Crippen LogP contribution in [0.15, 0.2) is 24.3 Å². The molecule has 1 saturated carbocycles. The molecule has 0 unspecified atom stereocenters. The predicted molar refractivity (Wildman–Crippen MR) is 74.8 cm³/mol. The van der Waals surface area contributed by atoms with Gasteiger partial charge in [0.05, 0.1) is 24.5 Å². The van der Waals surface area contributed by atoms with Gasteiger partial charge in [0.2, 0.25) is 5.91 Å². The predicted octanol–water partition coefficient (Wildman–Crippen LogP) is 1.77. The Morgan fingerprint density at radius 3 is 2.43 bits per heavy atom. The Hall–Kier alpha value is -2.37. The van der Waals surface area contributed by atoms with Crippen molar-refractivity contribution in [3.8, 4) is 0 Å². The number of aliphatic carboxylic acids is 1. The van der Waals surface area contributed by atoms with E-state index in [-0.39, 0.29) is 5.91 Å². The van der Waals surface area contributed by atoms with E-state index in [1.165, 1.54) is 13.2 Å². The zero-order valence-corrected chi connectivity index (χ0v) is 12.0. The average Bonchev–Trinajstić information content (AvgIpc) is 3.01. The maximum Gasteiger partial charge on any atom is 0.337 e. The highest BCUT2D eigenvalue weighted by atomic mass is 16.5. The molecule has 0 heterocycles. The van der Waals surface area contributed by atoms with Crippen LogP contribution in [0.25, 0.3) is 0 Å². The van der Waals surface area contributed by atoms with Crippen molar-refractivity contribution >= 4 is 23.5 Å². The van der Waals surface area contributed by atoms with E-state index in [0.29, 0.717) is 11.3 Å². The van der Waals surface area contributed by atoms with Gasteiger partial charge >= 0.3 is 11.9 Å². The molecular weight excluding hydrogens is 274 g/mol. The highest BCUT2D eigenvalue weighted by Gasteiger charge is 2.65. The maximum absolute atomic E-state index is 12.2. The van der Waals surface area contributed by atoms with Crippen LogP contribution >= 0.6 is 0 Å². The minimum Gasteiger partial charge on any atom is -0.481 e. The largest absolute Gasteiger partial charge is 0.481 e. The summed E-state index contributed by atoms with van der Waals surface area (Å²) in [7, 11) is 1.28. The summed E-state index contributed by atoms with van der Waals surface area (Å²) in [5, 5.41) is 11.7. The molecule has 6 nitrogen and oxygen atoms in total. The zero-order chi connectivity index (χ0) is 15.8. The molecule has 1 amide bonds. The second-order valence-corrected chi connectivity index (χ2v) is 5.68. The molecule has 21 heavy (non-hydrogen) atoms. The molecule has 1 aliphatic rings. The van der Waals surface area contributed by atoms with Gasteiger partial charge in [-0.15, -0.1) is 0 Å². The van der Waals surface area contributed by atoms with Crippen LogP contribution < -0.4 is 5.32 Å². The number of amides is 1. The summed E-state index contributed by atoms with van der Waals surface area (Å²) in [5.41, 5.74) is 0.200. The third-order valence-electron chi connectivity index (χ3n) is 3.93. The third-order valence-corrected chi connectivity index (χ3v) is 3.93. The lowest BCUT2D eigenvalue weighted by Gasteiger charge is -2.07. The van der Waals surface area contributed by atoms with E-state index in [1.54, 1.807) is 32.0 Å². The number of carboxylic acids is 1. The van der Waals surface area contributed by atoms with Crippen molar-refractivity contribution in [1.82, 2.24) is 0 Å². The lowest BCUT2D eigenvalue weighted by atomic mass is 10.1. The van der Waals surface area contributed by atoms with Gasteiger partial charge in [0, 0.05) is 5.69 Å². The highest BCUT2D eigenvalue weighted by Crippen LogP contribution is 2.58. The quantitative estimate of drug-likeness (QED) is 0.825. The molecule has 1 aromatic carbocycles. The first-order chi connectivity index (χ1) is 9.78. The standard InChI is InChI=1S/C15H17NO5/c1-15(2)10(11(15)13(18)19)12(17)16-9-6-4-5-8(7-9)14(20)21-3/h4-7,10-11H,1-3H3,(H,16,17)(H,18,19)/t10-,11+/m1/s1. The Morgan fingerprint density at radius 2 is 1.90 bits per heavy atom. The van der Waals surface area contributed by atoms with Gasteiger partial charge in [-0.05, 0) is 23.6 Å². The van der Waals surface area contributed by atoms with E-state index in [4.69, 9.17) is 5.11 Å². The molecule has 112 valence electrons. The second kappa shape index (κ2) is 5.20. The molecule has 0 bridgehead atoms. The van der Waals surface area contributed by atoms with E-state index in [0.717, 1.165) is 0 Å². The van der Waals surface area contributed by atoms with Crippen LogP contribution in [0.5, 0.6) is 0 Å². The summed E-state index contributed by atoms with van der Waals surface area (Å²) in [4.78, 5) is 34.7. The number of esters is 1. The number of methoxy groups -OCH3 is 1. The van der Waals surface area contributed by atoms with E-state index in [2.05, 4.69) is 10.1 Å². The lowest BCUT2D eigenvalue weighted by molar-refractivity contribution is -0.140. The Balaban J connectivity index is 2.11. The molecule has 0 spiro atoms. The number of ether oxygens (including phenoxy) is 1. The van der Waals surface area contributed by atoms with Crippen molar-refractivity contribution in [2.24, 2.45) is 17.3 Å². The first kappa shape index (κ1) is 15.0. The molecule has 0 saturated heterocycles. The van der Waals surface area contributed by atoms with Gasteiger partial charge in [-0.2, -0.15) is 0 Å². The fourth-order valence-corrected chi connectivity index (χ4v) is 2.65. The van der Waals surface area contributed by atoms with Crippen molar-refractivity contribution in [2.75, 3.05) is 12.4 Å². The first-order valence-corrected chi connectivity index (χ1v) is 6.51. The SMILES string of the molecule is COC(=O)c1cccc(NC(=O)[C@H]2[C@@H](C(=O)O)C2(C)C)c1. The number of carbonyl (C=O) groups excluding carboxylic acids is 2. The number of nitrogens with one attached hydrogen (secondary N) is 1. The highest BCUT2D eigenvalue weighted by molar-refractivity contribution is 6.00. The number of rotatable bonds is 4. The smallest absolute Gasteiger partial charge is 0.337 e. The van der Waals surface area contributed by atoms with Crippen LogP contribution in [0.1, 0.15) is 24.2 Å². The van der Waals surface area contributed by atoms with Crippen molar-refractivity contribution in [3.63, 3.8) is 0 Å². The van der Waals surface area contributed by atoms with E-state index < -0.39 is 29.2 Å². The molecule has 0 aromatic heterocycles. The molecule has 1 aliphatic carbocycles. The first-order valence-electron chi connectivity index (χ1n) is 6.51. The molecule has 0 aliphatic heterocycles. The monoisotopic (exact) mass is 291 g/mol. The normalized spacial score (nSPS) is 22.2. The summed E-state index contributed by atoms with van der Waals surface area (Å²) in [6.45, 7) is 3.50. The van der Waals surface area contributed by atoms with E-state index in [1.807, 2.05) is 0 Å². The van der Waals surface area contributed by atoms with E-state index in [9.17, 15) is 14.4 Å². The summed E-state index contributed by atoms with van der Waals surface area (Å²) in [6.07, 6.45) is 0. The topological polar surface area (TPSA) is 92.7 Å². The van der Waals surface area contributed by atoms with Gasteiger partial charge in [-0.1, -0.05) is 19.9 Å². The zero-order valence-electron chi connectivity index (χ0n) is 12.0. The van der Waals surface area contributed by atoms with E-state index >= 15 is 0 Å². The molecule has 1 aromatic rings. The lowest BCUT2D eigenvalue weighted by Crippen LogP contribution is -2.18. The number of hydrogen-bond acceptors (Lipinski definition) is 4. The Morgan fingerprint density at radius 1 is 1.24 bits per heavy atom. The van der Waals surface area contributed by atoms with Crippen LogP contribution in [-0.4, -0.2) is 30.1 Å². The van der Waals surface area contributed by atoms with Crippen LogP contribution in [0.3, 0.4) is 0 Å². The molecule has 2 atom stereocenters. The van der Waals surface area contributed by atoms with Crippen molar-refractivity contribution in [2.45, 2.75) is 13.8 Å². The van der Waals surface area contributed by atoms with Crippen LogP contribution in [0.2, 0.25) is 0 Å².